The molecular weight excluding hydrogens is 198 g/mol. The van der Waals surface area contributed by atoms with Crippen molar-refractivity contribution in [1.29, 1.82) is 0 Å². The van der Waals surface area contributed by atoms with Crippen molar-refractivity contribution in [3.8, 4) is 0 Å². The van der Waals surface area contributed by atoms with E-state index in [4.69, 9.17) is 0 Å². The summed E-state index contributed by atoms with van der Waals surface area (Å²) in [6.45, 7) is 6.62. The molecule has 4 nitrogen and oxygen atoms in total. The summed E-state index contributed by atoms with van der Waals surface area (Å²) in [7, 11) is 0. The van der Waals surface area contributed by atoms with Gasteiger partial charge in [0.25, 0.3) is 0 Å². The third-order valence-corrected chi connectivity index (χ3v) is 2.77. The Bertz CT molecular complexity index is 302. The number of amides is 2. The molecule has 1 aromatic heterocycles. The van der Waals surface area contributed by atoms with E-state index in [-0.39, 0.29) is 6.03 Å². The second kappa shape index (κ2) is 4.95. The Labute approximate surface area is 87.7 Å². The molecule has 2 N–H and O–H groups in total. The number of aryl methyl sites for hydroxylation is 2. The quantitative estimate of drug-likeness (QED) is 0.809. The minimum Gasteiger partial charge on any atom is -0.338 e. The van der Waals surface area contributed by atoms with Crippen molar-refractivity contribution in [2.45, 2.75) is 27.2 Å². The van der Waals surface area contributed by atoms with Crippen LogP contribution in [0.4, 0.5) is 9.93 Å². The lowest BCUT2D eigenvalue weighted by Crippen LogP contribution is -2.29. The molecule has 78 valence electrons. The highest BCUT2D eigenvalue weighted by molar-refractivity contribution is 7.15. The van der Waals surface area contributed by atoms with Gasteiger partial charge >= 0.3 is 6.03 Å². The van der Waals surface area contributed by atoms with Gasteiger partial charge in [0.05, 0.1) is 5.69 Å². The average molecular weight is 213 g/mol. The summed E-state index contributed by atoms with van der Waals surface area (Å²) in [6.07, 6.45) is 0.934. The van der Waals surface area contributed by atoms with Crippen molar-refractivity contribution in [1.82, 2.24) is 10.3 Å². The Morgan fingerprint density at radius 3 is 2.71 bits per heavy atom. The standard InChI is InChI=1S/C9H15N3OS/c1-4-5-10-8(13)12-9-11-6(2)7(3)14-9/h4-5H2,1-3H3,(H2,10,11,12,13). The van der Waals surface area contributed by atoms with Gasteiger partial charge in [-0.15, -0.1) is 11.3 Å². The highest BCUT2D eigenvalue weighted by Gasteiger charge is 2.06. The van der Waals surface area contributed by atoms with Gasteiger partial charge in [0.1, 0.15) is 0 Å². The van der Waals surface area contributed by atoms with Crippen LogP contribution in [0.1, 0.15) is 23.9 Å². The van der Waals surface area contributed by atoms with E-state index in [0.717, 1.165) is 17.0 Å². The Balaban J connectivity index is 2.48. The van der Waals surface area contributed by atoms with Crippen molar-refractivity contribution < 1.29 is 4.79 Å². The fourth-order valence-electron chi connectivity index (χ4n) is 0.906. The first kappa shape index (κ1) is 11.0. The van der Waals surface area contributed by atoms with E-state index in [1.165, 1.54) is 11.3 Å². The number of hydrogen-bond donors (Lipinski definition) is 2. The Hall–Kier alpha value is -1.10. The van der Waals surface area contributed by atoms with Crippen molar-refractivity contribution in [3.05, 3.63) is 10.6 Å². The number of hydrogen-bond acceptors (Lipinski definition) is 3. The summed E-state index contributed by atoms with van der Waals surface area (Å²) >= 11 is 1.49. The summed E-state index contributed by atoms with van der Waals surface area (Å²) in [5.74, 6) is 0. The van der Waals surface area contributed by atoms with E-state index >= 15 is 0 Å². The number of thiazole rings is 1. The van der Waals surface area contributed by atoms with Crippen LogP contribution in [0.3, 0.4) is 0 Å². The van der Waals surface area contributed by atoms with Gasteiger partial charge in [-0.1, -0.05) is 6.92 Å². The fraction of sp³-hybridized carbons (Fsp3) is 0.556. The summed E-state index contributed by atoms with van der Waals surface area (Å²) in [4.78, 5) is 16.6. The first-order valence-electron chi connectivity index (χ1n) is 4.62. The van der Waals surface area contributed by atoms with Crippen LogP contribution in [0.25, 0.3) is 0 Å². The summed E-state index contributed by atoms with van der Waals surface area (Å²) in [5, 5.41) is 6.08. The Morgan fingerprint density at radius 2 is 2.21 bits per heavy atom. The lowest BCUT2D eigenvalue weighted by atomic mass is 10.4. The third-order valence-electron chi connectivity index (χ3n) is 1.78. The molecule has 0 aliphatic rings. The van der Waals surface area contributed by atoms with Crippen LogP contribution in [0, 0.1) is 13.8 Å². The van der Waals surface area contributed by atoms with Gasteiger partial charge in [-0.25, -0.2) is 9.78 Å². The number of anilines is 1. The summed E-state index contributed by atoms with van der Waals surface area (Å²) < 4.78 is 0. The number of nitrogens with zero attached hydrogens (tertiary/aromatic N) is 1. The van der Waals surface area contributed by atoms with Gasteiger partial charge in [-0.05, 0) is 20.3 Å². The monoisotopic (exact) mass is 213 g/mol. The smallest absolute Gasteiger partial charge is 0.321 e. The lowest BCUT2D eigenvalue weighted by Gasteiger charge is -2.02. The normalized spacial score (nSPS) is 9.93. The van der Waals surface area contributed by atoms with E-state index in [0.29, 0.717) is 11.7 Å². The number of carbonyl (C=O) groups excluding carboxylic acids is 1. The molecule has 1 heterocycles. The molecule has 5 heteroatoms. The summed E-state index contributed by atoms with van der Waals surface area (Å²) in [5.41, 5.74) is 0.973. The van der Waals surface area contributed by atoms with Crippen molar-refractivity contribution in [2.75, 3.05) is 11.9 Å². The Kier molecular flexibility index (Phi) is 3.88. The summed E-state index contributed by atoms with van der Waals surface area (Å²) in [6, 6.07) is -0.180. The van der Waals surface area contributed by atoms with E-state index in [9.17, 15) is 4.79 Å². The van der Waals surface area contributed by atoms with Crippen LogP contribution in [-0.4, -0.2) is 17.6 Å². The number of rotatable bonds is 3. The molecule has 0 radical (unpaired) electrons. The van der Waals surface area contributed by atoms with Gasteiger partial charge in [-0.3, -0.25) is 5.32 Å². The molecule has 0 aliphatic carbocycles. The molecule has 0 spiro atoms. The van der Waals surface area contributed by atoms with Crippen molar-refractivity contribution >= 4 is 22.5 Å². The predicted octanol–water partition coefficient (Wildman–Crippen LogP) is 2.29. The number of aromatic nitrogens is 1. The minimum atomic E-state index is -0.180. The molecule has 0 bridgehead atoms. The largest absolute Gasteiger partial charge is 0.338 e. The maximum atomic E-state index is 11.2. The van der Waals surface area contributed by atoms with E-state index < -0.39 is 0 Å². The predicted molar refractivity (Wildman–Crippen MR) is 58.9 cm³/mol. The molecular formula is C9H15N3OS. The van der Waals surface area contributed by atoms with E-state index in [2.05, 4.69) is 15.6 Å². The van der Waals surface area contributed by atoms with Crippen molar-refractivity contribution in [2.24, 2.45) is 0 Å². The highest BCUT2D eigenvalue weighted by atomic mass is 32.1. The molecule has 0 aromatic carbocycles. The number of urea groups is 1. The fourth-order valence-corrected chi connectivity index (χ4v) is 1.72. The SMILES string of the molecule is CCCNC(=O)Nc1nc(C)c(C)s1. The molecule has 0 atom stereocenters. The van der Waals surface area contributed by atoms with Crippen LogP contribution in [0.2, 0.25) is 0 Å². The van der Waals surface area contributed by atoms with E-state index in [1.54, 1.807) is 0 Å². The average Bonchev–Trinajstić information content (AvgIpc) is 2.42. The topological polar surface area (TPSA) is 54.0 Å². The molecule has 0 saturated heterocycles. The number of carbonyl (C=O) groups is 1. The van der Waals surface area contributed by atoms with Crippen LogP contribution in [0.5, 0.6) is 0 Å². The molecule has 0 fully saturated rings. The molecule has 1 rings (SSSR count). The van der Waals surface area contributed by atoms with Crippen LogP contribution < -0.4 is 10.6 Å². The second-order valence-corrected chi connectivity index (χ2v) is 4.24. The van der Waals surface area contributed by atoms with Gasteiger partial charge in [0.2, 0.25) is 0 Å². The second-order valence-electron chi connectivity index (χ2n) is 3.04. The molecule has 0 unspecified atom stereocenters. The Morgan fingerprint density at radius 1 is 1.50 bits per heavy atom. The first-order valence-corrected chi connectivity index (χ1v) is 5.44. The van der Waals surface area contributed by atoms with Gasteiger partial charge in [0.15, 0.2) is 5.13 Å². The molecule has 14 heavy (non-hydrogen) atoms. The van der Waals surface area contributed by atoms with Crippen LogP contribution in [0.15, 0.2) is 0 Å². The molecule has 2 amide bonds. The van der Waals surface area contributed by atoms with Gasteiger partial charge in [-0.2, -0.15) is 0 Å². The van der Waals surface area contributed by atoms with Gasteiger partial charge in [0, 0.05) is 11.4 Å². The van der Waals surface area contributed by atoms with Gasteiger partial charge < -0.3 is 5.32 Å². The minimum absolute atomic E-state index is 0.180. The first-order chi connectivity index (χ1) is 6.63. The maximum Gasteiger partial charge on any atom is 0.321 e. The third kappa shape index (κ3) is 2.99. The zero-order valence-electron chi connectivity index (χ0n) is 8.68. The zero-order valence-corrected chi connectivity index (χ0v) is 9.49. The zero-order chi connectivity index (χ0) is 10.6. The highest BCUT2D eigenvalue weighted by Crippen LogP contribution is 2.20. The van der Waals surface area contributed by atoms with Crippen LogP contribution in [-0.2, 0) is 0 Å². The molecule has 0 saturated carbocycles. The van der Waals surface area contributed by atoms with E-state index in [1.807, 2.05) is 20.8 Å². The molecule has 0 aliphatic heterocycles. The maximum absolute atomic E-state index is 11.2. The van der Waals surface area contributed by atoms with Crippen molar-refractivity contribution in [3.63, 3.8) is 0 Å². The lowest BCUT2D eigenvalue weighted by molar-refractivity contribution is 0.252. The molecule has 1 aromatic rings. The van der Waals surface area contributed by atoms with Crippen LogP contribution >= 0.6 is 11.3 Å². The number of nitrogens with one attached hydrogen (secondary N) is 2.